The van der Waals surface area contributed by atoms with Crippen LogP contribution in [0.3, 0.4) is 0 Å². The lowest BCUT2D eigenvalue weighted by Crippen LogP contribution is -2.41. The summed E-state index contributed by atoms with van der Waals surface area (Å²) < 4.78 is 11.1. The van der Waals surface area contributed by atoms with Crippen LogP contribution in [-0.4, -0.2) is 29.3 Å². The van der Waals surface area contributed by atoms with Crippen LogP contribution >= 0.6 is 35.6 Å². The van der Waals surface area contributed by atoms with Gasteiger partial charge in [0.1, 0.15) is 12.3 Å². The van der Waals surface area contributed by atoms with Crippen molar-refractivity contribution in [1.82, 2.24) is 20.8 Å². The second-order valence-corrected chi connectivity index (χ2v) is 7.02. The number of aromatic nitrogens is 2. The number of aliphatic imine (C=N–C) groups is 1. The second-order valence-electron chi connectivity index (χ2n) is 6.59. The fraction of sp³-hybridized carbons (Fsp3) is 0.286. The molecule has 0 fully saturated rings. The minimum absolute atomic E-state index is 0. The monoisotopic (exact) mass is 539 g/mol. The van der Waals surface area contributed by atoms with Gasteiger partial charge in [0.05, 0.1) is 12.6 Å². The van der Waals surface area contributed by atoms with Gasteiger partial charge in [-0.1, -0.05) is 35.0 Å². The zero-order chi connectivity index (χ0) is 20.1. The van der Waals surface area contributed by atoms with Gasteiger partial charge in [-0.25, -0.2) is 4.99 Å². The van der Waals surface area contributed by atoms with Crippen LogP contribution in [0.1, 0.15) is 30.8 Å². The maximum atomic E-state index is 5.93. The SMILES string of the molecule is CCNC(=NCc1nc(-c2ccc(Cl)cc2)no1)NC1CCOc2ccccc21.I. The fourth-order valence-electron chi connectivity index (χ4n) is 3.16. The predicted molar refractivity (Wildman–Crippen MR) is 127 cm³/mol. The van der Waals surface area contributed by atoms with Crippen molar-refractivity contribution in [2.24, 2.45) is 4.99 Å². The van der Waals surface area contributed by atoms with E-state index in [1.54, 1.807) is 12.1 Å². The molecule has 0 aliphatic carbocycles. The Kier molecular flexibility index (Phi) is 7.92. The topological polar surface area (TPSA) is 84.6 Å². The molecule has 1 aliphatic heterocycles. The molecule has 1 aromatic heterocycles. The van der Waals surface area contributed by atoms with Crippen LogP contribution in [-0.2, 0) is 6.54 Å². The van der Waals surface area contributed by atoms with E-state index in [-0.39, 0.29) is 36.6 Å². The first-order valence-electron chi connectivity index (χ1n) is 9.58. The molecule has 2 heterocycles. The maximum Gasteiger partial charge on any atom is 0.248 e. The van der Waals surface area contributed by atoms with Crippen LogP contribution in [0.15, 0.2) is 58.0 Å². The lowest BCUT2D eigenvalue weighted by molar-refractivity contribution is 0.261. The first-order chi connectivity index (χ1) is 14.2. The number of fused-ring (bicyclic) bond motifs is 1. The van der Waals surface area contributed by atoms with E-state index >= 15 is 0 Å². The summed E-state index contributed by atoms with van der Waals surface area (Å²) in [6.07, 6.45) is 0.864. The Morgan fingerprint density at radius 1 is 1.20 bits per heavy atom. The molecular weight excluding hydrogens is 517 g/mol. The number of guanidine groups is 1. The van der Waals surface area contributed by atoms with Crippen molar-refractivity contribution < 1.29 is 9.26 Å². The molecule has 4 rings (SSSR count). The summed E-state index contributed by atoms with van der Waals surface area (Å²) in [5.74, 6) is 2.57. The Balaban J connectivity index is 0.00000256. The molecule has 0 amide bonds. The van der Waals surface area contributed by atoms with Gasteiger partial charge in [-0.15, -0.1) is 24.0 Å². The van der Waals surface area contributed by atoms with Gasteiger partial charge in [-0.2, -0.15) is 4.98 Å². The van der Waals surface area contributed by atoms with Gasteiger partial charge in [0.15, 0.2) is 5.96 Å². The van der Waals surface area contributed by atoms with Crippen molar-refractivity contribution in [3.63, 3.8) is 0 Å². The minimum Gasteiger partial charge on any atom is -0.493 e. The molecule has 158 valence electrons. The number of hydrogen-bond acceptors (Lipinski definition) is 5. The predicted octanol–water partition coefficient (Wildman–Crippen LogP) is 4.59. The molecule has 0 saturated heterocycles. The Labute approximate surface area is 197 Å². The van der Waals surface area contributed by atoms with Crippen LogP contribution in [0, 0.1) is 0 Å². The Bertz CT molecular complexity index is 993. The smallest absolute Gasteiger partial charge is 0.248 e. The van der Waals surface area contributed by atoms with E-state index in [2.05, 4.69) is 31.8 Å². The molecule has 3 aromatic rings. The number of halogens is 2. The summed E-state index contributed by atoms with van der Waals surface area (Å²) in [6, 6.07) is 15.5. The Hall–Kier alpha value is -2.33. The molecule has 2 aromatic carbocycles. The van der Waals surface area contributed by atoms with Gasteiger partial charge in [-0.3, -0.25) is 0 Å². The molecule has 1 aliphatic rings. The summed E-state index contributed by atoms with van der Waals surface area (Å²) >= 11 is 5.93. The molecule has 1 atom stereocenters. The largest absolute Gasteiger partial charge is 0.493 e. The number of rotatable bonds is 5. The molecule has 0 radical (unpaired) electrons. The number of ether oxygens (including phenoxy) is 1. The third kappa shape index (κ3) is 5.42. The summed E-state index contributed by atoms with van der Waals surface area (Å²) in [6.45, 7) is 3.72. The quantitative estimate of drug-likeness (QED) is 0.280. The number of nitrogens with zero attached hydrogens (tertiary/aromatic N) is 3. The van der Waals surface area contributed by atoms with E-state index in [4.69, 9.17) is 20.9 Å². The standard InChI is InChI=1S/C21H22ClN5O2.HI/c1-2-23-21(25-17-11-12-28-18-6-4-3-5-16(17)18)24-13-19-26-20(27-29-19)14-7-9-15(22)10-8-14;/h3-10,17H,2,11-13H2,1H3,(H2,23,24,25);1H. The van der Waals surface area contributed by atoms with Crippen LogP contribution in [0.4, 0.5) is 0 Å². The van der Waals surface area contributed by atoms with Gasteiger partial charge >= 0.3 is 0 Å². The van der Waals surface area contributed by atoms with E-state index in [9.17, 15) is 0 Å². The normalized spacial score (nSPS) is 15.5. The molecule has 0 spiro atoms. The number of hydrogen-bond donors (Lipinski definition) is 2. The Morgan fingerprint density at radius 3 is 2.80 bits per heavy atom. The lowest BCUT2D eigenvalue weighted by Gasteiger charge is -2.28. The van der Waals surface area contributed by atoms with Crippen LogP contribution in [0.5, 0.6) is 5.75 Å². The molecular formula is C21H23ClIN5O2. The first-order valence-corrected chi connectivity index (χ1v) is 9.96. The van der Waals surface area contributed by atoms with Crippen molar-refractivity contribution >= 4 is 41.5 Å². The third-order valence-corrected chi connectivity index (χ3v) is 4.81. The minimum atomic E-state index is 0. The van der Waals surface area contributed by atoms with Gasteiger partial charge in [-0.05, 0) is 37.3 Å². The van der Waals surface area contributed by atoms with Crippen molar-refractivity contribution in [3.8, 4) is 17.1 Å². The van der Waals surface area contributed by atoms with Crippen LogP contribution in [0.25, 0.3) is 11.4 Å². The first kappa shape index (κ1) is 22.4. The van der Waals surface area contributed by atoms with Crippen molar-refractivity contribution in [3.05, 3.63) is 65.0 Å². The average molecular weight is 540 g/mol. The van der Waals surface area contributed by atoms with E-state index in [0.29, 0.717) is 29.3 Å². The third-order valence-electron chi connectivity index (χ3n) is 4.56. The van der Waals surface area contributed by atoms with E-state index in [1.807, 2.05) is 37.3 Å². The maximum absolute atomic E-state index is 5.93. The molecule has 0 bridgehead atoms. The Morgan fingerprint density at radius 2 is 2.00 bits per heavy atom. The highest BCUT2D eigenvalue weighted by molar-refractivity contribution is 14.0. The van der Waals surface area contributed by atoms with Gasteiger partial charge in [0.25, 0.3) is 0 Å². The van der Waals surface area contributed by atoms with Gasteiger partial charge in [0, 0.05) is 29.1 Å². The zero-order valence-electron chi connectivity index (χ0n) is 16.5. The highest BCUT2D eigenvalue weighted by atomic mass is 127. The molecule has 9 heteroatoms. The lowest BCUT2D eigenvalue weighted by atomic mass is 10.0. The van der Waals surface area contributed by atoms with Crippen LogP contribution in [0.2, 0.25) is 5.02 Å². The molecule has 1 unspecified atom stereocenters. The highest BCUT2D eigenvalue weighted by Crippen LogP contribution is 2.31. The van der Waals surface area contributed by atoms with Crippen LogP contribution < -0.4 is 15.4 Å². The van der Waals surface area contributed by atoms with E-state index < -0.39 is 0 Å². The molecule has 30 heavy (non-hydrogen) atoms. The van der Waals surface area contributed by atoms with Crippen molar-refractivity contribution in [2.75, 3.05) is 13.2 Å². The zero-order valence-corrected chi connectivity index (χ0v) is 19.6. The fourth-order valence-corrected chi connectivity index (χ4v) is 3.29. The number of nitrogens with one attached hydrogen (secondary N) is 2. The summed E-state index contributed by atoms with van der Waals surface area (Å²) in [5, 5.41) is 11.4. The molecule has 2 N–H and O–H groups in total. The second kappa shape index (κ2) is 10.6. The number of para-hydroxylation sites is 1. The molecule has 0 saturated carbocycles. The summed E-state index contributed by atoms with van der Waals surface area (Å²) in [5.41, 5.74) is 1.98. The summed E-state index contributed by atoms with van der Waals surface area (Å²) in [4.78, 5) is 9.03. The van der Waals surface area contributed by atoms with E-state index in [0.717, 1.165) is 29.8 Å². The summed E-state index contributed by atoms with van der Waals surface area (Å²) in [7, 11) is 0. The van der Waals surface area contributed by atoms with Crippen molar-refractivity contribution in [2.45, 2.75) is 25.9 Å². The van der Waals surface area contributed by atoms with Gasteiger partial charge in [0.2, 0.25) is 11.7 Å². The van der Waals surface area contributed by atoms with E-state index in [1.165, 1.54) is 0 Å². The highest BCUT2D eigenvalue weighted by Gasteiger charge is 2.22. The number of benzene rings is 2. The van der Waals surface area contributed by atoms with Crippen molar-refractivity contribution in [1.29, 1.82) is 0 Å². The average Bonchev–Trinajstić information content (AvgIpc) is 3.22. The van der Waals surface area contributed by atoms with Gasteiger partial charge < -0.3 is 19.9 Å². The molecule has 7 nitrogen and oxygen atoms in total.